The maximum absolute atomic E-state index is 13.7. The number of anilines is 1. The number of halogens is 1. The molecule has 0 saturated carbocycles. The first-order valence-corrected chi connectivity index (χ1v) is 9.29. The third-order valence-electron chi connectivity index (χ3n) is 5.68. The van der Waals surface area contributed by atoms with Gasteiger partial charge >= 0.3 is 0 Å². The Balaban J connectivity index is 1.59. The van der Waals surface area contributed by atoms with Crippen LogP contribution in [0.3, 0.4) is 0 Å². The van der Waals surface area contributed by atoms with Crippen LogP contribution in [0.1, 0.15) is 10.4 Å². The fourth-order valence-corrected chi connectivity index (χ4v) is 4.48. The van der Waals surface area contributed by atoms with Gasteiger partial charge in [-0.3, -0.25) is 19.4 Å². The van der Waals surface area contributed by atoms with Gasteiger partial charge in [-0.15, -0.1) is 0 Å². The normalized spacial score (nSPS) is 27.3. The van der Waals surface area contributed by atoms with Crippen molar-refractivity contribution >= 4 is 29.5 Å². The molecule has 3 heterocycles. The van der Waals surface area contributed by atoms with Crippen LogP contribution in [0, 0.1) is 17.7 Å². The van der Waals surface area contributed by atoms with E-state index in [0.29, 0.717) is 5.56 Å². The number of hydrogen-bond acceptors (Lipinski definition) is 5. The summed E-state index contributed by atoms with van der Waals surface area (Å²) < 4.78 is 13.7. The van der Waals surface area contributed by atoms with Crippen LogP contribution in [0.5, 0.6) is 0 Å². The Hall–Kier alpha value is -3.61. The lowest BCUT2D eigenvalue weighted by molar-refractivity contribution is -0.123. The lowest BCUT2D eigenvalue weighted by Crippen LogP contribution is -2.46. The van der Waals surface area contributed by atoms with Crippen LogP contribution in [0.2, 0.25) is 0 Å². The average molecular weight is 389 g/mol. The summed E-state index contributed by atoms with van der Waals surface area (Å²) in [6.45, 7) is 0. The number of ketones is 1. The molecule has 0 aliphatic carbocycles. The van der Waals surface area contributed by atoms with E-state index < -0.39 is 41.6 Å². The number of rotatable bonds is 3. The number of nitrogens with zero attached hydrogens (tertiary/aromatic N) is 3. The number of hydrogen-bond donors (Lipinski definition) is 0. The van der Waals surface area contributed by atoms with E-state index in [1.54, 1.807) is 53.7 Å². The second kappa shape index (κ2) is 6.48. The summed E-state index contributed by atoms with van der Waals surface area (Å²) in [4.78, 5) is 40.9. The maximum Gasteiger partial charge on any atom is 0.240 e. The van der Waals surface area contributed by atoms with Gasteiger partial charge in [-0.25, -0.2) is 9.29 Å². The molecule has 29 heavy (non-hydrogen) atoms. The fraction of sp³-hybridized carbons (Fsp3) is 0.182. The molecule has 3 aliphatic heterocycles. The van der Waals surface area contributed by atoms with Crippen molar-refractivity contribution < 1.29 is 18.8 Å². The highest BCUT2D eigenvalue weighted by Gasteiger charge is 2.64. The molecule has 144 valence electrons. The number of carbonyl (C=O) groups excluding carboxylic acids is 3. The number of Topliss-reactive ketones (excluding diaryl/α,β-unsaturated/α-hetero) is 1. The molecule has 4 atom stereocenters. The van der Waals surface area contributed by atoms with Crippen LogP contribution in [-0.4, -0.2) is 40.9 Å². The van der Waals surface area contributed by atoms with Crippen LogP contribution in [0.4, 0.5) is 10.1 Å². The monoisotopic (exact) mass is 389 g/mol. The predicted molar refractivity (Wildman–Crippen MR) is 104 cm³/mol. The summed E-state index contributed by atoms with van der Waals surface area (Å²) in [7, 11) is 0. The van der Waals surface area contributed by atoms with Crippen molar-refractivity contribution in [3.63, 3.8) is 0 Å². The molecule has 2 aromatic rings. The van der Waals surface area contributed by atoms with Crippen molar-refractivity contribution in [1.29, 1.82) is 0 Å². The topological polar surface area (TPSA) is 70.0 Å². The molecule has 0 aromatic heterocycles. The number of carbonyl (C=O) groups is 3. The van der Waals surface area contributed by atoms with Crippen molar-refractivity contribution in [2.24, 2.45) is 16.9 Å². The van der Waals surface area contributed by atoms with Crippen LogP contribution in [0.25, 0.3) is 0 Å². The molecule has 2 amide bonds. The van der Waals surface area contributed by atoms with Gasteiger partial charge in [0.05, 0.1) is 23.6 Å². The van der Waals surface area contributed by atoms with Crippen LogP contribution in [0.15, 0.2) is 71.9 Å². The van der Waals surface area contributed by atoms with Crippen molar-refractivity contribution in [2.45, 2.75) is 12.1 Å². The molecule has 0 unspecified atom stereocenters. The van der Waals surface area contributed by atoms with Crippen molar-refractivity contribution in [1.82, 2.24) is 5.01 Å². The van der Waals surface area contributed by atoms with Gasteiger partial charge in [0.25, 0.3) is 0 Å². The molecule has 3 aliphatic rings. The molecular weight excluding hydrogens is 373 g/mol. The Morgan fingerprint density at radius 1 is 0.966 bits per heavy atom. The summed E-state index contributed by atoms with van der Waals surface area (Å²) in [6.07, 6.45) is 5.03. The molecule has 0 radical (unpaired) electrons. The van der Waals surface area contributed by atoms with Gasteiger partial charge in [-0.1, -0.05) is 42.5 Å². The quantitative estimate of drug-likeness (QED) is 0.597. The summed E-state index contributed by atoms with van der Waals surface area (Å²) in [6, 6.07) is 12.6. The number of fused-ring (bicyclic) bond motifs is 3. The van der Waals surface area contributed by atoms with E-state index >= 15 is 0 Å². The number of benzene rings is 2. The summed E-state index contributed by atoms with van der Waals surface area (Å²) in [5.74, 6) is -3.39. The largest absolute Gasteiger partial charge is 0.292 e. The van der Waals surface area contributed by atoms with E-state index in [9.17, 15) is 18.8 Å². The first-order valence-electron chi connectivity index (χ1n) is 9.29. The van der Waals surface area contributed by atoms with Gasteiger partial charge in [0.15, 0.2) is 5.78 Å². The summed E-state index contributed by atoms with van der Waals surface area (Å²) in [5.41, 5.74) is 0.626. The number of allylic oxidation sites excluding steroid dienone is 1. The van der Waals surface area contributed by atoms with Crippen molar-refractivity contribution in [3.05, 3.63) is 78.1 Å². The fourth-order valence-electron chi connectivity index (χ4n) is 4.48. The van der Waals surface area contributed by atoms with Crippen LogP contribution < -0.4 is 4.90 Å². The molecule has 7 heteroatoms. The highest BCUT2D eigenvalue weighted by atomic mass is 19.1. The molecular formula is C22H16FN3O3. The third kappa shape index (κ3) is 2.54. The van der Waals surface area contributed by atoms with E-state index in [4.69, 9.17) is 0 Å². The van der Waals surface area contributed by atoms with Crippen LogP contribution in [-0.2, 0) is 9.59 Å². The van der Waals surface area contributed by atoms with E-state index in [-0.39, 0.29) is 11.5 Å². The molecule has 0 spiro atoms. The predicted octanol–water partition coefficient (Wildman–Crippen LogP) is 2.42. The minimum Gasteiger partial charge on any atom is -0.292 e. The Kier molecular flexibility index (Phi) is 3.91. The molecule has 0 bridgehead atoms. The Morgan fingerprint density at radius 3 is 2.48 bits per heavy atom. The van der Waals surface area contributed by atoms with E-state index in [2.05, 4.69) is 5.10 Å². The Morgan fingerprint density at radius 2 is 1.72 bits per heavy atom. The molecule has 6 nitrogen and oxygen atoms in total. The second-order valence-electron chi connectivity index (χ2n) is 7.24. The van der Waals surface area contributed by atoms with Crippen molar-refractivity contribution in [2.75, 3.05) is 4.90 Å². The van der Waals surface area contributed by atoms with Gasteiger partial charge in [-0.2, -0.15) is 5.10 Å². The molecule has 2 saturated heterocycles. The SMILES string of the molecule is O=C(c1ccccc1)[C@@H]1[C@H]2C(=O)N(c3cccc(F)c3)C(=O)[C@@H]2[C@H]2C=CC=NN21. The maximum atomic E-state index is 13.7. The lowest BCUT2D eigenvalue weighted by Gasteiger charge is -2.30. The van der Waals surface area contributed by atoms with Gasteiger partial charge in [0.2, 0.25) is 11.8 Å². The van der Waals surface area contributed by atoms with E-state index in [1.165, 1.54) is 18.2 Å². The molecule has 5 rings (SSSR count). The first-order chi connectivity index (χ1) is 14.1. The Bertz CT molecular complexity index is 1080. The molecule has 2 fully saturated rings. The smallest absolute Gasteiger partial charge is 0.240 e. The summed E-state index contributed by atoms with van der Waals surface area (Å²) >= 11 is 0. The van der Waals surface area contributed by atoms with E-state index in [1.807, 2.05) is 0 Å². The highest BCUT2D eigenvalue weighted by molar-refractivity contribution is 6.24. The Labute approximate surface area is 165 Å². The lowest BCUT2D eigenvalue weighted by atomic mass is 9.86. The average Bonchev–Trinajstić information content (AvgIpc) is 3.21. The minimum atomic E-state index is -0.899. The number of hydrazone groups is 1. The zero-order chi connectivity index (χ0) is 20.1. The zero-order valence-corrected chi connectivity index (χ0v) is 15.2. The zero-order valence-electron chi connectivity index (χ0n) is 15.2. The van der Waals surface area contributed by atoms with Gasteiger partial charge in [-0.05, 0) is 24.3 Å². The van der Waals surface area contributed by atoms with Gasteiger partial charge in [0.1, 0.15) is 11.9 Å². The third-order valence-corrected chi connectivity index (χ3v) is 5.68. The number of imide groups is 1. The number of amides is 2. The molecule has 2 aromatic carbocycles. The minimum absolute atomic E-state index is 0.176. The molecule has 0 N–H and O–H groups in total. The van der Waals surface area contributed by atoms with E-state index in [0.717, 1.165) is 11.0 Å². The van der Waals surface area contributed by atoms with Crippen LogP contribution >= 0.6 is 0 Å². The van der Waals surface area contributed by atoms with Crippen molar-refractivity contribution in [3.8, 4) is 0 Å². The first kappa shape index (κ1) is 17.5. The summed E-state index contributed by atoms with van der Waals surface area (Å²) in [5, 5.41) is 5.86. The second-order valence-corrected chi connectivity index (χ2v) is 7.24. The highest BCUT2D eigenvalue weighted by Crippen LogP contribution is 2.46. The van der Waals surface area contributed by atoms with Gasteiger partial charge in [0, 0.05) is 11.8 Å². The standard InChI is InChI=1S/C22H16FN3O3/c23-14-8-4-9-15(12-14)25-21(28)17-16-10-5-11-24-26(16)19(18(17)22(25)29)20(27)13-6-2-1-3-7-13/h1-12,16-19H/t16-,17-,18+,19+/m1/s1. The van der Waals surface area contributed by atoms with Gasteiger partial charge < -0.3 is 0 Å².